The molecule has 0 rings (SSSR count). The van der Waals surface area contributed by atoms with Crippen molar-refractivity contribution in [3.05, 3.63) is 24.6 Å². The van der Waals surface area contributed by atoms with Gasteiger partial charge in [-0.3, -0.25) is 9.11 Å². The van der Waals surface area contributed by atoms with Gasteiger partial charge in [0.1, 0.15) is 0 Å². The predicted octanol–water partition coefficient (Wildman–Crippen LogP) is 0.0779. The number of hydrogen-bond acceptors (Lipinski definition) is 4. The third-order valence-corrected chi connectivity index (χ3v) is 1.62. The highest BCUT2D eigenvalue weighted by atomic mass is 32.2. The molecule has 13 heavy (non-hydrogen) atoms. The number of hydrogen-bond donors (Lipinski definition) is 2. The summed E-state index contributed by atoms with van der Waals surface area (Å²) in [6.45, 7) is 5.90. The summed E-state index contributed by atoms with van der Waals surface area (Å²) in [6, 6.07) is 0. The Morgan fingerprint density at radius 3 is 1.38 bits per heavy atom. The van der Waals surface area contributed by atoms with Crippen molar-refractivity contribution in [3.8, 4) is 0 Å². The lowest BCUT2D eigenvalue weighted by molar-refractivity contribution is 0.486. The minimum absolute atomic E-state index is 0.368. The zero-order valence-electron chi connectivity index (χ0n) is 6.62. The quantitative estimate of drug-likeness (QED) is 0.525. The van der Waals surface area contributed by atoms with Crippen molar-refractivity contribution < 1.29 is 25.9 Å². The summed E-state index contributed by atoms with van der Waals surface area (Å²) in [6.07, 6.45) is 1.12. The van der Waals surface area contributed by atoms with Gasteiger partial charge in [0.2, 0.25) is 0 Å². The predicted molar refractivity (Wildman–Crippen MR) is 48.4 cm³/mol. The van der Waals surface area contributed by atoms with Crippen LogP contribution in [-0.2, 0) is 20.2 Å². The molecule has 8 heteroatoms. The Morgan fingerprint density at radius 1 is 1.08 bits per heavy atom. The minimum Gasteiger partial charge on any atom is -0.285 e. The first-order valence-corrected chi connectivity index (χ1v) is 5.89. The Kier molecular flexibility index (Phi) is 6.68. The van der Waals surface area contributed by atoms with Gasteiger partial charge in [0.25, 0.3) is 20.2 Å². The molecule has 0 fully saturated rings. The van der Waals surface area contributed by atoms with E-state index in [1.807, 2.05) is 0 Å². The summed E-state index contributed by atoms with van der Waals surface area (Å²) in [5, 5.41) is 0.465. The minimum atomic E-state index is -3.90. The molecule has 0 spiro atoms. The van der Waals surface area contributed by atoms with Crippen LogP contribution in [-0.4, -0.2) is 31.7 Å². The van der Waals surface area contributed by atoms with E-state index in [4.69, 9.17) is 9.11 Å². The molecule has 0 saturated heterocycles. The van der Waals surface area contributed by atoms with Gasteiger partial charge in [-0.25, -0.2) is 0 Å². The second-order valence-corrected chi connectivity index (χ2v) is 4.58. The fourth-order valence-electron chi connectivity index (χ4n) is 0.149. The monoisotopic (exact) mass is 230 g/mol. The molecule has 2 N–H and O–H groups in total. The van der Waals surface area contributed by atoms with Crippen molar-refractivity contribution >= 4 is 20.2 Å². The van der Waals surface area contributed by atoms with Crippen LogP contribution in [0.15, 0.2) is 24.6 Å². The molecule has 0 aliphatic heterocycles. The van der Waals surface area contributed by atoms with E-state index >= 15 is 0 Å². The molecule has 0 atom stereocenters. The molecule has 0 bridgehead atoms. The van der Waals surface area contributed by atoms with Crippen LogP contribution in [0.1, 0.15) is 0 Å². The molecule has 0 aromatic carbocycles. The second-order valence-electron chi connectivity index (χ2n) is 1.72. The Morgan fingerprint density at radius 2 is 1.38 bits per heavy atom. The molecule has 0 aromatic rings. The normalized spacial score (nSPS) is 10.9. The fraction of sp³-hybridized carbons (Fsp3) is 0.200. The van der Waals surface area contributed by atoms with Crippen molar-refractivity contribution in [3.63, 3.8) is 0 Å². The van der Waals surface area contributed by atoms with Crippen molar-refractivity contribution in [2.45, 2.75) is 0 Å². The van der Waals surface area contributed by atoms with Crippen LogP contribution >= 0.6 is 0 Å². The van der Waals surface area contributed by atoms with Crippen LogP contribution < -0.4 is 0 Å². The molecule has 0 amide bonds. The molecule has 0 aliphatic carbocycles. The molecule has 6 nitrogen and oxygen atoms in total. The molecule has 78 valence electrons. The molecule has 0 radical (unpaired) electrons. The van der Waals surface area contributed by atoms with Gasteiger partial charge in [-0.05, 0) is 0 Å². The van der Waals surface area contributed by atoms with Crippen LogP contribution in [0.2, 0.25) is 0 Å². The van der Waals surface area contributed by atoms with Crippen molar-refractivity contribution in [2.75, 3.05) is 5.75 Å². The molecular formula is C5H10O6S2. The maximum atomic E-state index is 9.72. The maximum absolute atomic E-state index is 9.72. The highest BCUT2D eigenvalue weighted by molar-refractivity contribution is 7.88. The summed E-state index contributed by atoms with van der Waals surface area (Å²) >= 11 is 0. The SMILES string of the molecule is C=CCS(=O)(=O)O.C=CS(=O)(=O)O. The zero-order chi connectivity index (χ0) is 11.1. The van der Waals surface area contributed by atoms with Crippen molar-refractivity contribution in [1.29, 1.82) is 0 Å². The molecular weight excluding hydrogens is 220 g/mol. The van der Waals surface area contributed by atoms with Gasteiger partial charge in [-0.1, -0.05) is 12.7 Å². The third kappa shape index (κ3) is 24.6. The van der Waals surface area contributed by atoms with E-state index in [1.165, 1.54) is 0 Å². The lowest BCUT2D eigenvalue weighted by atomic mass is 10.8. The fourth-order valence-corrected chi connectivity index (χ4v) is 0.447. The van der Waals surface area contributed by atoms with E-state index in [0.29, 0.717) is 5.41 Å². The van der Waals surface area contributed by atoms with Gasteiger partial charge in [-0.2, -0.15) is 16.8 Å². The Hall–Kier alpha value is -0.700. The van der Waals surface area contributed by atoms with Gasteiger partial charge < -0.3 is 0 Å². The van der Waals surface area contributed by atoms with Crippen molar-refractivity contribution in [1.82, 2.24) is 0 Å². The Labute approximate surface area is 77.1 Å². The van der Waals surface area contributed by atoms with Gasteiger partial charge in [0.15, 0.2) is 0 Å². The Balaban J connectivity index is 0. The van der Waals surface area contributed by atoms with E-state index in [1.54, 1.807) is 0 Å². The summed E-state index contributed by atoms with van der Waals surface area (Å²) in [5.41, 5.74) is 0. The average Bonchev–Trinajstić information content (AvgIpc) is 1.84. The first-order chi connectivity index (χ1) is 5.62. The molecule has 0 unspecified atom stereocenters. The lowest BCUT2D eigenvalue weighted by Crippen LogP contribution is -1.99. The van der Waals surface area contributed by atoms with Crippen molar-refractivity contribution in [2.24, 2.45) is 0 Å². The summed E-state index contributed by atoms with van der Waals surface area (Å²) in [7, 11) is -7.69. The molecule has 0 aliphatic rings. The first-order valence-electron chi connectivity index (χ1n) is 2.78. The van der Waals surface area contributed by atoms with Gasteiger partial charge >= 0.3 is 0 Å². The smallest absolute Gasteiger partial charge is 0.285 e. The maximum Gasteiger partial charge on any atom is 0.287 e. The summed E-state index contributed by atoms with van der Waals surface area (Å²) in [4.78, 5) is 0. The average molecular weight is 230 g/mol. The van der Waals surface area contributed by atoms with Crippen LogP contribution in [0.25, 0.3) is 0 Å². The first kappa shape index (κ1) is 14.8. The largest absolute Gasteiger partial charge is 0.287 e. The molecule has 0 saturated carbocycles. The van der Waals surface area contributed by atoms with Gasteiger partial charge in [0.05, 0.1) is 11.2 Å². The summed E-state index contributed by atoms with van der Waals surface area (Å²) < 4.78 is 53.9. The van der Waals surface area contributed by atoms with Crippen LogP contribution in [0.4, 0.5) is 0 Å². The van der Waals surface area contributed by atoms with Crippen LogP contribution in [0.5, 0.6) is 0 Å². The third-order valence-electron chi connectivity index (χ3n) is 0.539. The van der Waals surface area contributed by atoms with E-state index in [-0.39, 0.29) is 5.75 Å². The van der Waals surface area contributed by atoms with Crippen LogP contribution in [0, 0.1) is 0 Å². The highest BCUT2D eigenvalue weighted by Gasteiger charge is 1.95. The zero-order valence-corrected chi connectivity index (χ0v) is 8.25. The molecule has 0 aromatic heterocycles. The van der Waals surface area contributed by atoms with E-state index in [9.17, 15) is 16.8 Å². The van der Waals surface area contributed by atoms with E-state index < -0.39 is 20.2 Å². The van der Waals surface area contributed by atoms with E-state index in [0.717, 1.165) is 6.08 Å². The van der Waals surface area contributed by atoms with Crippen LogP contribution in [0.3, 0.4) is 0 Å². The van der Waals surface area contributed by atoms with E-state index in [2.05, 4.69) is 13.2 Å². The topological polar surface area (TPSA) is 109 Å². The van der Waals surface area contributed by atoms with Gasteiger partial charge in [0, 0.05) is 0 Å². The summed E-state index contributed by atoms with van der Waals surface area (Å²) in [5.74, 6) is -0.368. The van der Waals surface area contributed by atoms with Gasteiger partial charge in [-0.15, -0.1) is 6.58 Å². The lowest BCUT2D eigenvalue weighted by Gasteiger charge is -1.82. The number of rotatable bonds is 3. The standard InChI is InChI=1S/C3H6O3S.C2H4O3S/c1-2-3-7(4,5)6;1-2-6(3,4)5/h2H,1,3H2,(H,4,5,6);2H,1H2,(H,3,4,5). The highest BCUT2D eigenvalue weighted by Crippen LogP contribution is 1.78. The Bertz CT molecular complexity index is 337. The second kappa shape index (κ2) is 5.86. The molecule has 0 heterocycles.